The zero-order chi connectivity index (χ0) is 26.1. The molecule has 0 aliphatic carbocycles. The largest absolute Gasteiger partial charge is 0.421 e. The van der Waals surface area contributed by atoms with E-state index in [-0.39, 0.29) is 31.4 Å². The predicted octanol–water partition coefficient (Wildman–Crippen LogP) is 4.13. The Kier molecular flexibility index (Phi) is 6.76. The van der Waals surface area contributed by atoms with Gasteiger partial charge in [0, 0.05) is 30.7 Å². The van der Waals surface area contributed by atoms with Crippen molar-refractivity contribution in [3.63, 3.8) is 0 Å². The Morgan fingerprint density at radius 2 is 1.92 bits per heavy atom. The summed E-state index contributed by atoms with van der Waals surface area (Å²) in [5.74, 6) is -0.696. The molecule has 0 saturated carbocycles. The number of nitrogens with zero attached hydrogens (tertiary/aromatic N) is 3. The summed E-state index contributed by atoms with van der Waals surface area (Å²) in [5, 5.41) is 8.25. The molecule has 36 heavy (non-hydrogen) atoms. The molecule has 13 heteroatoms. The van der Waals surface area contributed by atoms with E-state index in [2.05, 4.69) is 25.9 Å². The summed E-state index contributed by atoms with van der Waals surface area (Å²) in [6, 6.07) is 11.6. The molecule has 190 valence electrons. The van der Waals surface area contributed by atoms with Crippen LogP contribution in [-0.4, -0.2) is 37.1 Å². The third-order valence-electron chi connectivity index (χ3n) is 5.48. The Hall–Kier alpha value is -3.87. The number of hydrogen-bond donors (Lipinski definition) is 3. The van der Waals surface area contributed by atoms with Crippen LogP contribution in [-0.2, 0) is 34.0 Å². The van der Waals surface area contributed by atoms with Gasteiger partial charge in [-0.05, 0) is 36.2 Å². The average Bonchev–Trinajstić information content (AvgIpc) is 3.16. The zero-order valence-electron chi connectivity index (χ0n) is 19.3. The highest BCUT2D eigenvalue weighted by Crippen LogP contribution is 2.35. The van der Waals surface area contributed by atoms with E-state index in [1.54, 1.807) is 49.4 Å². The van der Waals surface area contributed by atoms with Crippen molar-refractivity contribution >= 4 is 44.8 Å². The number of hydrogen-bond acceptors (Lipinski definition) is 7. The molecule has 0 radical (unpaired) electrons. The summed E-state index contributed by atoms with van der Waals surface area (Å²) in [7, 11) is -3.59. The third-order valence-corrected chi connectivity index (χ3v) is 6.73. The SMILES string of the molecule is CCN(c1ccccc1CNc1nc(Nc2ccc3c(c2)NC(=O)C3)ncc1C(F)(F)F)S(C)(=O)=O. The van der Waals surface area contributed by atoms with Gasteiger partial charge in [0.2, 0.25) is 21.9 Å². The summed E-state index contributed by atoms with van der Waals surface area (Å²) < 4.78 is 66.6. The zero-order valence-corrected chi connectivity index (χ0v) is 20.2. The first-order chi connectivity index (χ1) is 17.0. The van der Waals surface area contributed by atoms with E-state index in [1.807, 2.05) is 0 Å². The fourth-order valence-corrected chi connectivity index (χ4v) is 4.88. The molecule has 9 nitrogen and oxygen atoms in total. The molecule has 0 saturated heterocycles. The topological polar surface area (TPSA) is 116 Å². The molecule has 0 spiro atoms. The van der Waals surface area contributed by atoms with E-state index in [4.69, 9.17) is 0 Å². The predicted molar refractivity (Wildman–Crippen MR) is 131 cm³/mol. The van der Waals surface area contributed by atoms with E-state index in [1.165, 1.54) is 4.31 Å². The lowest BCUT2D eigenvalue weighted by Crippen LogP contribution is -2.30. The van der Waals surface area contributed by atoms with Crippen LogP contribution in [0.15, 0.2) is 48.7 Å². The molecule has 0 fully saturated rings. The maximum atomic E-state index is 13.7. The van der Waals surface area contributed by atoms with Gasteiger partial charge in [-0.1, -0.05) is 24.3 Å². The molecule has 2 heterocycles. The monoisotopic (exact) mass is 520 g/mol. The number of amides is 1. The van der Waals surface area contributed by atoms with Crippen LogP contribution in [0.1, 0.15) is 23.6 Å². The number of carbonyl (C=O) groups excluding carboxylic acids is 1. The summed E-state index contributed by atoms with van der Waals surface area (Å²) in [4.78, 5) is 19.4. The van der Waals surface area contributed by atoms with E-state index in [0.717, 1.165) is 11.8 Å². The van der Waals surface area contributed by atoms with Gasteiger partial charge in [-0.15, -0.1) is 0 Å². The standard InChI is InChI=1S/C23H23F3N6O3S/c1-3-32(36(2,34)35)19-7-5-4-6-15(19)12-27-21-17(23(24,25)26)13-28-22(31-21)29-16-9-8-14-10-20(33)30-18(14)11-16/h4-9,11,13H,3,10,12H2,1-2H3,(H,30,33)(H2,27,28,29,31). The molecule has 3 aromatic rings. The van der Waals surface area contributed by atoms with Crippen molar-refractivity contribution in [2.75, 3.05) is 33.1 Å². The van der Waals surface area contributed by atoms with Gasteiger partial charge in [-0.25, -0.2) is 13.4 Å². The Morgan fingerprint density at radius 1 is 1.17 bits per heavy atom. The second kappa shape index (κ2) is 9.64. The second-order valence-electron chi connectivity index (χ2n) is 8.09. The van der Waals surface area contributed by atoms with Crippen LogP contribution in [0, 0.1) is 0 Å². The number of anilines is 5. The third kappa shape index (κ3) is 5.51. The van der Waals surface area contributed by atoms with E-state index in [0.29, 0.717) is 28.8 Å². The number of halogens is 3. The second-order valence-corrected chi connectivity index (χ2v) is 9.99. The van der Waals surface area contributed by atoms with Gasteiger partial charge in [0.05, 0.1) is 18.4 Å². The van der Waals surface area contributed by atoms with Gasteiger partial charge >= 0.3 is 6.18 Å². The number of nitrogens with one attached hydrogen (secondary N) is 3. The molecule has 0 unspecified atom stereocenters. The first-order valence-corrected chi connectivity index (χ1v) is 12.7. The van der Waals surface area contributed by atoms with Crippen molar-refractivity contribution in [2.24, 2.45) is 0 Å². The molecular weight excluding hydrogens is 497 g/mol. The molecule has 2 aromatic carbocycles. The number of fused-ring (bicyclic) bond motifs is 1. The minimum Gasteiger partial charge on any atom is -0.365 e. The lowest BCUT2D eigenvalue weighted by atomic mass is 10.1. The highest BCUT2D eigenvalue weighted by Gasteiger charge is 2.35. The van der Waals surface area contributed by atoms with Crippen molar-refractivity contribution in [2.45, 2.75) is 26.1 Å². The molecule has 4 rings (SSSR count). The Labute approximate surface area is 205 Å². The fraction of sp³-hybridized carbons (Fsp3) is 0.261. The van der Waals surface area contributed by atoms with Crippen LogP contribution in [0.25, 0.3) is 0 Å². The molecule has 1 aliphatic rings. The van der Waals surface area contributed by atoms with Crippen molar-refractivity contribution in [3.8, 4) is 0 Å². The van der Waals surface area contributed by atoms with Gasteiger partial charge < -0.3 is 16.0 Å². The molecule has 3 N–H and O–H groups in total. The molecular formula is C23H23F3N6O3S. The molecule has 0 atom stereocenters. The van der Waals surface area contributed by atoms with Gasteiger partial charge in [0.25, 0.3) is 0 Å². The van der Waals surface area contributed by atoms with Gasteiger partial charge in [0.1, 0.15) is 11.4 Å². The Balaban J connectivity index is 1.62. The lowest BCUT2D eigenvalue weighted by Gasteiger charge is -2.24. The van der Waals surface area contributed by atoms with Crippen molar-refractivity contribution in [1.82, 2.24) is 9.97 Å². The van der Waals surface area contributed by atoms with Crippen LogP contribution < -0.4 is 20.3 Å². The van der Waals surface area contributed by atoms with Crippen LogP contribution in [0.5, 0.6) is 0 Å². The summed E-state index contributed by atoms with van der Waals surface area (Å²) in [6.07, 6.45) is -2.72. The molecule has 1 aliphatic heterocycles. The maximum Gasteiger partial charge on any atom is 0.421 e. The number of benzene rings is 2. The summed E-state index contributed by atoms with van der Waals surface area (Å²) in [6.45, 7) is 1.71. The number of sulfonamides is 1. The minimum atomic E-state index is -4.72. The first-order valence-electron chi connectivity index (χ1n) is 10.9. The van der Waals surface area contributed by atoms with Crippen LogP contribution >= 0.6 is 0 Å². The number of rotatable bonds is 8. The van der Waals surface area contributed by atoms with Gasteiger partial charge in [-0.3, -0.25) is 9.10 Å². The Bertz CT molecular complexity index is 1410. The molecule has 0 bridgehead atoms. The van der Waals surface area contributed by atoms with Crippen LogP contribution in [0.3, 0.4) is 0 Å². The van der Waals surface area contributed by atoms with E-state index < -0.39 is 27.6 Å². The summed E-state index contributed by atoms with van der Waals surface area (Å²) in [5.41, 5.74) is 1.67. The number of alkyl halides is 3. The Morgan fingerprint density at radius 3 is 2.61 bits per heavy atom. The maximum absolute atomic E-state index is 13.7. The van der Waals surface area contributed by atoms with Crippen molar-refractivity contribution in [3.05, 3.63) is 65.4 Å². The van der Waals surface area contributed by atoms with Gasteiger partial charge in [0.15, 0.2) is 0 Å². The first kappa shape index (κ1) is 25.2. The smallest absolute Gasteiger partial charge is 0.365 e. The van der Waals surface area contributed by atoms with Gasteiger partial charge in [-0.2, -0.15) is 18.2 Å². The van der Waals surface area contributed by atoms with E-state index >= 15 is 0 Å². The molecule has 1 aromatic heterocycles. The fourth-order valence-electron chi connectivity index (χ4n) is 3.87. The lowest BCUT2D eigenvalue weighted by molar-refractivity contribution is -0.137. The normalized spacial score (nSPS) is 13.2. The van der Waals surface area contributed by atoms with Crippen molar-refractivity contribution < 1.29 is 26.4 Å². The molecule has 1 amide bonds. The van der Waals surface area contributed by atoms with Crippen molar-refractivity contribution in [1.29, 1.82) is 0 Å². The van der Waals surface area contributed by atoms with Crippen LogP contribution in [0.4, 0.5) is 42.0 Å². The number of aromatic nitrogens is 2. The minimum absolute atomic E-state index is 0.0885. The van der Waals surface area contributed by atoms with Crippen LogP contribution in [0.2, 0.25) is 0 Å². The average molecular weight is 521 g/mol. The highest BCUT2D eigenvalue weighted by molar-refractivity contribution is 7.92. The number of carbonyl (C=O) groups is 1. The quantitative estimate of drug-likeness (QED) is 0.409. The highest BCUT2D eigenvalue weighted by atomic mass is 32.2. The van der Waals surface area contributed by atoms with E-state index in [9.17, 15) is 26.4 Å². The summed E-state index contributed by atoms with van der Waals surface area (Å²) >= 11 is 0. The number of para-hydroxylation sites is 1.